The first kappa shape index (κ1) is 27.3. The fraction of sp³-hybridized carbons (Fsp3) is 1.00. The van der Waals surface area contributed by atoms with Crippen LogP contribution in [0, 0.1) is 0 Å². The monoisotopic (exact) mass is 418 g/mol. The summed E-state index contributed by atoms with van der Waals surface area (Å²) >= 11 is 0. The molecule has 164 valence electrons. The molecule has 0 aromatic carbocycles. The van der Waals surface area contributed by atoms with Gasteiger partial charge in [0.15, 0.2) is 0 Å². The van der Waals surface area contributed by atoms with Crippen molar-refractivity contribution in [3.8, 4) is 0 Å². The Morgan fingerprint density at radius 3 is 1.59 bits per heavy atom. The second-order valence-corrected chi connectivity index (χ2v) is 16.9. The van der Waals surface area contributed by atoms with Crippen molar-refractivity contribution in [2.24, 2.45) is 0 Å². The Morgan fingerprint density at radius 2 is 1.19 bits per heavy atom. The third-order valence-electron chi connectivity index (χ3n) is 6.58. The Balaban J connectivity index is 4.89. The van der Waals surface area contributed by atoms with Crippen molar-refractivity contribution >= 4 is 16.8 Å². The summed E-state index contributed by atoms with van der Waals surface area (Å²) in [6.07, 6.45) is 5.01. The Hall–Kier alpha value is 0.274. The topological polar surface area (TPSA) is 24.9 Å². The summed E-state index contributed by atoms with van der Waals surface area (Å²) < 4.78 is 14.3. The summed E-state index contributed by atoms with van der Waals surface area (Å²) in [5.41, 5.74) is 0. The van der Waals surface area contributed by atoms with Crippen LogP contribution in [0.15, 0.2) is 0 Å². The highest BCUT2D eigenvalue weighted by Crippen LogP contribution is 2.26. The number of hydrogen-bond donors (Lipinski definition) is 0. The Bertz CT molecular complexity index is 337. The molecule has 0 N–H and O–H groups in total. The molecule has 0 amide bonds. The summed E-state index contributed by atoms with van der Waals surface area (Å²) in [6, 6.07) is 5.24. The van der Waals surface area contributed by atoms with Crippen LogP contribution in [0.5, 0.6) is 0 Å². The van der Waals surface area contributed by atoms with Crippen molar-refractivity contribution in [2.75, 3.05) is 46.9 Å². The second-order valence-electron chi connectivity index (χ2n) is 8.11. The van der Waals surface area contributed by atoms with Crippen LogP contribution in [0.2, 0.25) is 30.7 Å². The molecule has 0 spiro atoms. The van der Waals surface area contributed by atoms with Gasteiger partial charge in [0.25, 0.3) is 0 Å². The Kier molecular flexibility index (Phi) is 15.3. The van der Waals surface area contributed by atoms with E-state index in [0.717, 1.165) is 6.04 Å². The van der Waals surface area contributed by atoms with Gasteiger partial charge in [-0.25, -0.2) is 0 Å². The normalized spacial score (nSPS) is 13.1. The number of rotatable bonds is 18. The molecule has 0 bridgehead atoms. The summed E-state index contributed by atoms with van der Waals surface area (Å²) in [4.78, 5) is 2.67. The lowest BCUT2D eigenvalue weighted by Crippen LogP contribution is -2.54. The van der Waals surface area contributed by atoms with E-state index in [1.54, 1.807) is 14.2 Å². The highest BCUT2D eigenvalue weighted by atomic mass is 28.4. The predicted molar refractivity (Wildman–Crippen MR) is 125 cm³/mol. The standard InChI is InChI=1S/C21H50N2O2Si2/c1-9-16-22(17-10-2)19-20-23(27(11-3,12-4)13-5)18-14-15-21-26(8,24-6)25-7/h9-21H2,1-8H3. The molecule has 0 aliphatic rings. The van der Waals surface area contributed by atoms with E-state index in [1.807, 2.05) is 0 Å². The molecule has 0 aromatic heterocycles. The van der Waals surface area contributed by atoms with Gasteiger partial charge in [-0.15, -0.1) is 0 Å². The molecule has 0 fully saturated rings. The van der Waals surface area contributed by atoms with Crippen molar-refractivity contribution in [3.63, 3.8) is 0 Å². The van der Waals surface area contributed by atoms with Gasteiger partial charge in [-0.2, -0.15) is 0 Å². The molecular formula is C21H50N2O2Si2. The van der Waals surface area contributed by atoms with Gasteiger partial charge in [0.2, 0.25) is 0 Å². The van der Waals surface area contributed by atoms with E-state index in [9.17, 15) is 0 Å². The van der Waals surface area contributed by atoms with Crippen molar-refractivity contribution < 1.29 is 8.85 Å². The first-order chi connectivity index (χ1) is 12.9. The zero-order valence-electron chi connectivity index (χ0n) is 19.9. The third-order valence-corrected chi connectivity index (χ3v) is 15.3. The molecule has 0 atom stereocenters. The summed E-state index contributed by atoms with van der Waals surface area (Å²) in [7, 11) is 0.384. The molecule has 0 saturated carbocycles. The van der Waals surface area contributed by atoms with E-state index in [0.29, 0.717) is 0 Å². The van der Waals surface area contributed by atoms with Crippen molar-refractivity contribution in [2.45, 2.75) is 91.0 Å². The van der Waals surface area contributed by atoms with Gasteiger partial charge >= 0.3 is 8.56 Å². The maximum absolute atomic E-state index is 5.66. The van der Waals surface area contributed by atoms with E-state index in [4.69, 9.17) is 8.85 Å². The molecule has 0 unspecified atom stereocenters. The highest BCUT2D eigenvalue weighted by Gasteiger charge is 2.34. The molecule has 0 aliphatic heterocycles. The van der Waals surface area contributed by atoms with Gasteiger partial charge < -0.3 is 18.3 Å². The summed E-state index contributed by atoms with van der Waals surface area (Å²) in [6.45, 7) is 20.3. The minimum Gasteiger partial charge on any atom is -0.398 e. The van der Waals surface area contributed by atoms with E-state index in [2.05, 4.69) is 50.6 Å². The third kappa shape index (κ3) is 9.54. The van der Waals surface area contributed by atoms with E-state index in [1.165, 1.54) is 76.5 Å². The van der Waals surface area contributed by atoms with E-state index >= 15 is 0 Å². The van der Waals surface area contributed by atoms with E-state index in [-0.39, 0.29) is 0 Å². The van der Waals surface area contributed by atoms with Gasteiger partial charge in [0.05, 0.1) is 0 Å². The predicted octanol–water partition coefficient (Wildman–Crippen LogP) is 5.56. The van der Waals surface area contributed by atoms with Gasteiger partial charge in [-0.1, -0.05) is 41.0 Å². The summed E-state index contributed by atoms with van der Waals surface area (Å²) in [5.74, 6) is 0. The molecule has 0 heterocycles. The van der Waals surface area contributed by atoms with Crippen LogP contribution >= 0.6 is 0 Å². The van der Waals surface area contributed by atoms with Crippen LogP contribution < -0.4 is 0 Å². The van der Waals surface area contributed by atoms with Crippen LogP contribution in [0.1, 0.15) is 60.3 Å². The lowest BCUT2D eigenvalue weighted by atomic mass is 10.3. The molecule has 0 radical (unpaired) electrons. The fourth-order valence-electron chi connectivity index (χ4n) is 4.27. The smallest absolute Gasteiger partial charge is 0.334 e. The van der Waals surface area contributed by atoms with Crippen molar-refractivity contribution in [3.05, 3.63) is 0 Å². The minimum atomic E-state index is -1.91. The van der Waals surface area contributed by atoms with Crippen LogP contribution in [0.4, 0.5) is 0 Å². The van der Waals surface area contributed by atoms with Crippen molar-refractivity contribution in [1.82, 2.24) is 9.47 Å². The van der Waals surface area contributed by atoms with Crippen molar-refractivity contribution in [1.29, 1.82) is 0 Å². The van der Waals surface area contributed by atoms with Crippen LogP contribution in [0.25, 0.3) is 0 Å². The number of nitrogens with zero attached hydrogens (tertiary/aromatic N) is 2. The molecule has 0 saturated heterocycles. The quantitative estimate of drug-likeness (QED) is 0.215. The molecule has 6 heteroatoms. The van der Waals surface area contributed by atoms with Gasteiger partial charge in [0, 0.05) is 27.3 Å². The van der Waals surface area contributed by atoms with Crippen LogP contribution in [0.3, 0.4) is 0 Å². The minimum absolute atomic E-state index is 1.10. The summed E-state index contributed by atoms with van der Waals surface area (Å²) in [5, 5.41) is 0. The first-order valence-corrected chi connectivity index (χ1v) is 16.6. The number of hydrogen-bond acceptors (Lipinski definition) is 4. The maximum Gasteiger partial charge on any atom is 0.334 e. The fourth-order valence-corrected chi connectivity index (χ4v) is 9.79. The van der Waals surface area contributed by atoms with Crippen LogP contribution in [-0.2, 0) is 8.85 Å². The molecule has 27 heavy (non-hydrogen) atoms. The van der Waals surface area contributed by atoms with Gasteiger partial charge in [-0.05, 0) is 69.6 Å². The molecule has 4 nitrogen and oxygen atoms in total. The average Bonchev–Trinajstić information content (AvgIpc) is 2.70. The molecule has 0 aromatic rings. The lowest BCUT2D eigenvalue weighted by Gasteiger charge is -2.42. The SMILES string of the molecule is CCCN(CCC)CCN(CCCC[Si](C)(OC)OC)[Si](CC)(CC)CC. The number of unbranched alkanes of at least 4 members (excludes halogenated alkanes) is 1. The zero-order chi connectivity index (χ0) is 20.8. The Labute approximate surface area is 173 Å². The first-order valence-electron chi connectivity index (χ1n) is 11.5. The maximum atomic E-state index is 5.66. The largest absolute Gasteiger partial charge is 0.398 e. The zero-order valence-corrected chi connectivity index (χ0v) is 21.9. The second kappa shape index (κ2) is 15.2. The van der Waals surface area contributed by atoms with Crippen LogP contribution in [-0.4, -0.2) is 73.2 Å². The molecular weight excluding hydrogens is 368 g/mol. The Morgan fingerprint density at radius 1 is 0.667 bits per heavy atom. The van der Waals surface area contributed by atoms with Gasteiger partial charge in [0.1, 0.15) is 8.24 Å². The lowest BCUT2D eigenvalue weighted by molar-refractivity contribution is 0.240. The molecule has 0 rings (SSSR count). The molecule has 0 aliphatic carbocycles. The van der Waals surface area contributed by atoms with Gasteiger partial charge in [-0.3, -0.25) is 0 Å². The van der Waals surface area contributed by atoms with E-state index < -0.39 is 16.8 Å². The highest BCUT2D eigenvalue weighted by molar-refractivity contribution is 6.77. The average molecular weight is 419 g/mol.